The number of methoxy groups -OCH3 is 1. The second kappa shape index (κ2) is 6.83. The van der Waals surface area contributed by atoms with E-state index in [4.69, 9.17) is 10.1 Å². The zero-order valence-electron chi connectivity index (χ0n) is 11.7. The topological polar surface area (TPSA) is 33.1 Å². The molecule has 2 nitrogen and oxygen atoms in total. The molecule has 0 atom stereocenters. The highest BCUT2D eigenvalue weighted by Crippen LogP contribution is 2.28. The summed E-state index contributed by atoms with van der Waals surface area (Å²) in [5, 5.41) is 8.06. The van der Waals surface area contributed by atoms with Gasteiger partial charge in [0, 0.05) is 11.5 Å². The fourth-order valence-corrected chi connectivity index (χ4v) is 1.72. The third-order valence-electron chi connectivity index (χ3n) is 2.94. The van der Waals surface area contributed by atoms with E-state index in [1.807, 2.05) is 19.1 Å². The monoisotopic (exact) mass is 265 g/mol. The van der Waals surface area contributed by atoms with Crippen molar-refractivity contribution in [2.75, 3.05) is 7.11 Å². The summed E-state index contributed by atoms with van der Waals surface area (Å²) in [6, 6.07) is 4.03. The summed E-state index contributed by atoms with van der Waals surface area (Å²) < 4.78 is 5.31. The van der Waals surface area contributed by atoms with E-state index >= 15 is 0 Å². The number of benzene rings is 1. The molecule has 0 bridgehead atoms. The van der Waals surface area contributed by atoms with Gasteiger partial charge >= 0.3 is 0 Å². The minimum absolute atomic E-state index is 0.421. The quantitative estimate of drug-likeness (QED) is 0.623. The molecule has 0 saturated heterocycles. The molecule has 100 valence electrons. The first-order chi connectivity index (χ1) is 8.49. The number of ether oxygens (including phenoxy) is 1. The Morgan fingerprint density at radius 2 is 1.94 bits per heavy atom. The van der Waals surface area contributed by atoms with Gasteiger partial charge in [-0.25, -0.2) is 0 Å². The minimum Gasteiger partial charge on any atom is -0.496 e. The molecule has 18 heavy (non-hydrogen) atoms. The van der Waals surface area contributed by atoms with E-state index in [1.165, 1.54) is 19.1 Å². The van der Waals surface area contributed by atoms with Gasteiger partial charge < -0.3 is 10.1 Å². The number of nitrogens with one attached hydrogen (secondary N) is 1. The molecule has 0 aliphatic heterocycles. The Kier molecular flexibility index (Phi) is 5.73. The number of aryl methyl sites for hydroxylation is 1. The van der Waals surface area contributed by atoms with Gasteiger partial charge in [0.15, 0.2) is 0 Å². The van der Waals surface area contributed by atoms with Gasteiger partial charge in [0.05, 0.1) is 7.11 Å². The van der Waals surface area contributed by atoms with E-state index in [-0.39, 0.29) is 0 Å². The third kappa shape index (κ3) is 4.37. The van der Waals surface area contributed by atoms with Crippen LogP contribution in [0.25, 0.3) is 0 Å². The van der Waals surface area contributed by atoms with E-state index in [0.717, 1.165) is 27.7 Å². The summed E-state index contributed by atoms with van der Waals surface area (Å²) in [5.74, 6) is 1.34. The Balaban J connectivity index is 0.000000341. The molecule has 1 aromatic carbocycles. The maximum absolute atomic E-state index is 7.28. The molecule has 0 amide bonds. The highest BCUT2D eigenvalue weighted by Gasteiger charge is 2.14. The molecule has 3 heteroatoms. The first kappa shape index (κ1) is 15.1. The summed E-state index contributed by atoms with van der Waals surface area (Å²) in [6.07, 6.45) is 4.09. The molecule has 2 rings (SSSR count). The highest BCUT2D eigenvalue weighted by atomic mass is 32.1. The highest BCUT2D eigenvalue weighted by molar-refractivity contribution is 7.81. The van der Waals surface area contributed by atoms with Crippen molar-refractivity contribution in [1.82, 2.24) is 0 Å². The normalized spacial score (nSPS) is 13.9. The van der Waals surface area contributed by atoms with Crippen LogP contribution in [0.5, 0.6) is 5.75 Å². The second-order valence-electron chi connectivity index (χ2n) is 4.98. The SMILES string of the molecule is COc1cc(C)c(C=N)cc1C(C)C.SC1CC1. The van der Waals surface area contributed by atoms with E-state index in [2.05, 4.69) is 26.5 Å². The van der Waals surface area contributed by atoms with Crippen LogP contribution in [0.15, 0.2) is 12.1 Å². The van der Waals surface area contributed by atoms with Crippen molar-refractivity contribution in [3.05, 3.63) is 28.8 Å². The van der Waals surface area contributed by atoms with Crippen molar-refractivity contribution in [3.63, 3.8) is 0 Å². The zero-order chi connectivity index (χ0) is 13.7. The van der Waals surface area contributed by atoms with Gasteiger partial charge in [0.1, 0.15) is 5.75 Å². The number of thiol groups is 1. The molecular formula is C15H23NOS. The van der Waals surface area contributed by atoms with Crippen LogP contribution in [0.2, 0.25) is 0 Å². The molecule has 1 aliphatic rings. The molecule has 1 fully saturated rings. The molecule has 0 unspecified atom stereocenters. The van der Waals surface area contributed by atoms with Crippen LogP contribution >= 0.6 is 12.6 Å². The summed E-state index contributed by atoms with van der Waals surface area (Å²) in [4.78, 5) is 0. The molecule has 1 aliphatic carbocycles. The first-order valence-electron chi connectivity index (χ1n) is 6.36. The Hall–Kier alpha value is -0.960. The maximum atomic E-state index is 7.28. The van der Waals surface area contributed by atoms with Crippen molar-refractivity contribution >= 4 is 18.8 Å². The summed E-state index contributed by atoms with van der Waals surface area (Å²) >= 11 is 4.08. The van der Waals surface area contributed by atoms with Crippen LogP contribution in [0.4, 0.5) is 0 Å². The van der Waals surface area contributed by atoms with Crippen LogP contribution in [0, 0.1) is 12.3 Å². The molecule has 0 spiro atoms. The zero-order valence-corrected chi connectivity index (χ0v) is 12.6. The molecule has 0 radical (unpaired) electrons. The number of hydrogen-bond donors (Lipinski definition) is 2. The Morgan fingerprint density at radius 3 is 2.28 bits per heavy atom. The molecule has 1 N–H and O–H groups in total. The molecule has 0 heterocycles. The van der Waals surface area contributed by atoms with E-state index in [1.54, 1.807) is 7.11 Å². The maximum Gasteiger partial charge on any atom is 0.122 e. The van der Waals surface area contributed by atoms with E-state index in [9.17, 15) is 0 Å². The van der Waals surface area contributed by atoms with Gasteiger partial charge in [0.2, 0.25) is 0 Å². The fourth-order valence-electron chi connectivity index (χ4n) is 1.57. The molecule has 1 aromatic rings. The van der Waals surface area contributed by atoms with Gasteiger partial charge in [0.25, 0.3) is 0 Å². The lowest BCUT2D eigenvalue weighted by atomic mass is 9.97. The van der Waals surface area contributed by atoms with Crippen molar-refractivity contribution in [2.45, 2.75) is 44.8 Å². The van der Waals surface area contributed by atoms with Crippen LogP contribution in [0.3, 0.4) is 0 Å². The molecular weight excluding hydrogens is 242 g/mol. The fraction of sp³-hybridized carbons (Fsp3) is 0.533. The van der Waals surface area contributed by atoms with Gasteiger partial charge in [-0.3, -0.25) is 0 Å². The van der Waals surface area contributed by atoms with Gasteiger partial charge in [-0.2, -0.15) is 12.6 Å². The van der Waals surface area contributed by atoms with Gasteiger partial charge in [-0.1, -0.05) is 13.8 Å². The van der Waals surface area contributed by atoms with Crippen LogP contribution in [0.1, 0.15) is 49.3 Å². The Labute approximate surface area is 116 Å². The van der Waals surface area contributed by atoms with Gasteiger partial charge in [-0.05, 0) is 54.5 Å². The van der Waals surface area contributed by atoms with Crippen molar-refractivity contribution in [3.8, 4) is 5.75 Å². The average molecular weight is 265 g/mol. The largest absolute Gasteiger partial charge is 0.496 e. The van der Waals surface area contributed by atoms with Crippen LogP contribution in [-0.2, 0) is 0 Å². The lowest BCUT2D eigenvalue weighted by Gasteiger charge is -2.14. The average Bonchev–Trinajstić information content (AvgIpc) is 3.11. The van der Waals surface area contributed by atoms with E-state index < -0.39 is 0 Å². The third-order valence-corrected chi connectivity index (χ3v) is 3.46. The smallest absolute Gasteiger partial charge is 0.122 e. The lowest BCUT2D eigenvalue weighted by Crippen LogP contribution is -1.98. The Bertz CT molecular complexity index is 411. The first-order valence-corrected chi connectivity index (χ1v) is 6.88. The van der Waals surface area contributed by atoms with E-state index in [0.29, 0.717) is 5.92 Å². The summed E-state index contributed by atoms with van der Waals surface area (Å²) in [5.41, 5.74) is 3.22. The van der Waals surface area contributed by atoms with Crippen LogP contribution < -0.4 is 4.74 Å². The van der Waals surface area contributed by atoms with Crippen molar-refractivity contribution < 1.29 is 4.74 Å². The van der Waals surface area contributed by atoms with Crippen molar-refractivity contribution in [1.29, 1.82) is 5.41 Å². The lowest BCUT2D eigenvalue weighted by molar-refractivity contribution is 0.407. The summed E-state index contributed by atoms with van der Waals surface area (Å²) in [7, 11) is 1.69. The molecule has 1 saturated carbocycles. The number of rotatable bonds is 3. The van der Waals surface area contributed by atoms with Crippen LogP contribution in [-0.4, -0.2) is 18.6 Å². The summed E-state index contributed by atoms with van der Waals surface area (Å²) in [6.45, 7) is 6.24. The van der Waals surface area contributed by atoms with Gasteiger partial charge in [-0.15, -0.1) is 0 Å². The minimum atomic E-state index is 0.421. The standard InChI is InChI=1S/C12H17NO.C3H6S/c1-8(2)11-6-10(7-13)9(3)5-12(11)14-4;4-3-1-2-3/h5-8,13H,1-4H3;3-4H,1-2H2. The van der Waals surface area contributed by atoms with Crippen molar-refractivity contribution in [2.24, 2.45) is 0 Å². The molecule has 0 aromatic heterocycles. The Morgan fingerprint density at radius 1 is 1.39 bits per heavy atom. The number of hydrogen-bond acceptors (Lipinski definition) is 3. The second-order valence-corrected chi connectivity index (χ2v) is 5.71. The predicted molar refractivity (Wildman–Crippen MR) is 81.7 cm³/mol. The predicted octanol–water partition coefficient (Wildman–Crippen LogP) is 4.20.